The third kappa shape index (κ3) is 5.39. The molecule has 4 rings (SSSR count). The minimum Gasteiger partial charge on any atom is -0.338 e. The van der Waals surface area contributed by atoms with E-state index in [1.165, 1.54) is 25.9 Å². The van der Waals surface area contributed by atoms with Crippen molar-refractivity contribution in [3.05, 3.63) is 46.8 Å². The van der Waals surface area contributed by atoms with Crippen molar-refractivity contribution in [2.75, 3.05) is 26.2 Å². The van der Waals surface area contributed by atoms with Gasteiger partial charge < -0.3 is 9.80 Å². The summed E-state index contributed by atoms with van der Waals surface area (Å²) in [5.41, 5.74) is 4.73. The zero-order valence-corrected chi connectivity index (χ0v) is 21.3. The second-order valence-electron chi connectivity index (χ2n) is 9.61. The van der Waals surface area contributed by atoms with Gasteiger partial charge in [-0.05, 0) is 76.2 Å². The highest BCUT2D eigenvalue weighted by molar-refractivity contribution is 5.96. The number of unbranched alkanes of at least 4 members (excludes halogenated alkanes) is 2. The van der Waals surface area contributed by atoms with Crippen LogP contribution < -0.4 is 0 Å². The summed E-state index contributed by atoms with van der Waals surface area (Å²) in [6.45, 7) is 10.6. The lowest BCUT2D eigenvalue weighted by Gasteiger charge is -2.36. The number of carbonyl (C=O) groups excluding carboxylic acids is 1. The molecule has 2 aliphatic rings. The van der Waals surface area contributed by atoms with E-state index in [4.69, 9.17) is 5.10 Å². The van der Waals surface area contributed by atoms with Crippen molar-refractivity contribution in [2.24, 2.45) is 0 Å². The van der Waals surface area contributed by atoms with E-state index in [1.807, 2.05) is 10.7 Å². The Labute approximate surface area is 205 Å². The highest BCUT2D eigenvalue weighted by atomic mass is 16.2. The van der Waals surface area contributed by atoms with E-state index in [1.54, 1.807) is 0 Å². The van der Waals surface area contributed by atoms with E-state index in [2.05, 4.69) is 60.6 Å². The molecule has 1 aromatic heterocycles. The first kappa shape index (κ1) is 24.5. The SMILES string of the molecule is CCCCC#Cc1cccc(-n2nc(CC)c(C(=O)N3CCC(N4CCCC4)CC3)c2CC)c1. The zero-order valence-electron chi connectivity index (χ0n) is 21.3. The zero-order chi connectivity index (χ0) is 23.9. The number of hydrogen-bond acceptors (Lipinski definition) is 3. The van der Waals surface area contributed by atoms with E-state index in [9.17, 15) is 4.79 Å². The Morgan fingerprint density at radius 1 is 1.06 bits per heavy atom. The molecule has 182 valence electrons. The number of carbonyl (C=O) groups is 1. The lowest BCUT2D eigenvalue weighted by atomic mass is 10.0. The maximum Gasteiger partial charge on any atom is 0.257 e. The molecule has 0 aliphatic carbocycles. The van der Waals surface area contributed by atoms with Gasteiger partial charge in [-0.25, -0.2) is 4.68 Å². The largest absolute Gasteiger partial charge is 0.338 e. The number of likely N-dealkylation sites (tertiary alicyclic amines) is 2. The van der Waals surface area contributed by atoms with Gasteiger partial charge in [0.1, 0.15) is 0 Å². The Hall–Kier alpha value is -2.58. The number of aryl methyl sites for hydroxylation is 1. The van der Waals surface area contributed by atoms with Gasteiger partial charge in [0.25, 0.3) is 5.91 Å². The number of piperidine rings is 1. The normalized spacial score (nSPS) is 17.1. The fraction of sp³-hybridized carbons (Fsp3) is 0.586. The number of amides is 1. The fourth-order valence-corrected chi connectivity index (χ4v) is 5.38. The van der Waals surface area contributed by atoms with Crippen LogP contribution in [-0.2, 0) is 12.8 Å². The van der Waals surface area contributed by atoms with Crippen molar-refractivity contribution in [1.82, 2.24) is 19.6 Å². The Morgan fingerprint density at radius 3 is 2.50 bits per heavy atom. The lowest BCUT2D eigenvalue weighted by Crippen LogP contribution is -2.46. The quantitative estimate of drug-likeness (QED) is 0.419. The molecule has 3 heterocycles. The average Bonchev–Trinajstić information content (AvgIpc) is 3.55. The van der Waals surface area contributed by atoms with Crippen LogP contribution in [0.3, 0.4) is 0 Å². The van der Waals surface area contributed by atoms with Gasteiger partial charge in [-0.15, -0.1) is 0 Å². The van der Waals surface area contributed by atoms with E-state index < -0.39 is 0 Å². The molecule has 0 saturated carbocycles. The number of hydrogen-bond donors (Lipinski definition) is 0. The number of rotatable bonds is 7. The van der Waals surface area contributed by atoms with Crippen LogP contribution in [0.4, 0.5) is 0 Å². The molecule has 0 spiro atoms. The van der Waals surface area contributed by atoms with Crippen LogP contribution in [0.5, 0.6) is 0 Å². The van der Waals surface area contributed by atoms with Gasteiger partial charge in [0.15, 0.2) is 0 Å². The Morgan fingerprint density at radius 2 is 1.82 bits per heavy atom. The summed E-state index contributed by atoms with van der Waals surface area (Å²) in [5, 5.41) is 4.93. The molecule has 5 heteroatoms. The monoisotopic (exact) mass is 460 g/mol. The summed E-state index contributed by atoms with van der Waals surface area (Å²) in [6.07, 6.45) is 9.55. The molecule has 0 radical (unpaired) electrons. The fourth-order valence-electron chi connectivity index (χ4n) is 5.38. The third-order valence-corrected chi connectivity index (χ3v) is 7.32. The third-order valence-electron chi connectivity index (χ3n) is 7.32. The second kappa shape index (κ2) is 11.7. The molecular formula is C29H40N4O. The van der Waals surface area contributed by atoms with Gasteiger partial charge in [0.05, 0.1) is 22.6 Å². The smallest absolute Gasteiger partial charge is 0.257 e. The van der Waals surface area contributed by atoms with Gasteiger partial charge in [0, 0.05) is 31.1 Å². The van der Waals surface area contributed by atoms with Crippen molar-refractivity contribution >= 4 is 5.91 Å². The summed E-state index contributed by atoms with van der Waals surface area (Å²) < 4.78 is 1.99. The lowest BCUT2D eigenvalue weighted by molar-refractivity contribution is 0.0642. The summed E-state index contributed by atoms with van der Waals surface area (Å²) >= 11 is 0. The van der Waals surface area contributed by atoms with Gasteiger partial charge in [-0.3, -0.25) is 4.79 Å². The molecular weight excluding hydrogens is 420 g/mol. The summed E-state index contributed by atoms with van der Waals surface area (Å²) in [5.74, 6) is 6.73. The standard InChI is InChI=1S/C29H40N4O/c1-4-7-8-9-13-23-14-12-15-25(22-23)33-27(6-3)28(26(5-2)30-33)29(34)32-20-16-24(17-21-32)31-18-10-11-19-31/h12,14-15,22,24H,4-8,10-11,16-21H2,1-3H3. The molecule has 0 N–H and O–H groups in total. The molecule has 0 atom stereocenters. The molecule has 0 bridgehead atoms. The minimum absolute atomic E-state index is 0.162. The van der Waals surface area contributed by atoms with Gasteiger partial charge >= 0.3 is 0 Å². The average molecular weight is 461 g/mol. The molecule has 2 saturated heterocycles. The van der Waals surface area contributed by atoms with E-state index >= 15 is 0 Å². The predicted molar refractivity (Wildman–Crippen MR) is 138 cm³/mol. The highest BCUT2D eigenvalue weighted by Crippen LogP contribution is 2.26. The molecule has 2 aromatic rings. The van der Waals surface area contributed by atoms with Crippen LogP contribution in [0.25, 0.3) is 5.69 Å². The predicted octanol–water partition coefficient (Wildman–Crippen LogP) is 5.24. The maximum atomic E-state index is 13.7. The highest BCUT2D eigenvalue weighted by Gasteiger charge is 2.31. The van der Waals surface area contributed by atoms with Crippen LogP contribution in [-0.4, -0.2) is 57.7 Å². The molecule has 1 aromatic carbocycles. The van der Waals surface area contributed by atoms with Gasteiger partial charge in [-0.2, -0.15) is 5.10 Å². The Bertz CT molecular complexity index is 1030. The minimum atomic E-state index is 0.162. The molecule has 1 amide bonds. The van der Waals surface area contributed by atoms with Crippen LogP contribution in [0.2, 0.25) is 0 Å². The van der Waals surface area contributed by atoms with Crippen molar-refractivity contribution < 1.29 is 4.79 Å². The van der Waals surface area contributed by atoms with Crippen molar-refractivity contribution in [1.29, 1.82) is 0 Å². The molecule has 0 unspecified atom stereocenters. The Balaban J connectivity index is 1.56. The first-order valence-corrected chi connectivity index (χ1v) is 13.4. The molecule has 2 aliphatic heterocycles. The molecule has 34 heavy (non-hydrogen) atoms. The van der Waals surface area contributed by atoms with Crippen LogP contribution in [0.1, 0.15) is 93.0 Å². The first-order chi connectivity index (χ1) is 16.7. The van der Waals surface area contributed by atoms with E-state index in [0.717, 1.165) is 86.2 Å². The Kier molecular flexibility index (Phi) is 8.45. The summed E-state index contributed by atoms with van der Waals surface area (Å²) in [4.78, 5) is 18.4. The second-order valence-corrected chi connectivity index (χ2v) is 9.61. The number of benzene rings is 1. The summed E-state index contributed by atoms with van der Waals surface area (Å²) in [6, 6.07) is 8.90. The van der Waals surface area contributed by atoms with Crippen molar-refractivity contribution in [3.8, 4) is 17.5 Å². The molecule has 2 fully saturated rings. The van der Waals surface area contributed by atoms with Crippen LogP contribution in [0, 0.1) is 11.8 Å². The van der Waals surface area contributed by atoms with Crippen molar-refractivity contribution in [2.45, 2.75) is 84.6 Å². The van der Waals surface area contributed by atoms with Crippen LogP contribution >= 0.6 is 0 Å². The number of nitrogens with zero attached hydrogens (tertiary/aromatic N) is 4. The van der Waals surface area contributed by atoms with E-state index in [-0.39, 0.29) is 5.91 Å². The summed E-state index contributed by atoms with van der Waals surface area (Å²) in [7, 11) is 0. The van der Waals surface area contributed by atoms with Gasteiger partial charge in [0.2, 0.25) is 0 Å². The molecule has 5 nitrogen and oxygen atoms in total. The maximum absolute atomic E-state index is 13.7. The van der Waals surface area contributed by atoms with E-state index in [0.29, 0.717) is 6.04 Å². The van der Waals surface area contributed by atoms with Crippen LogP contribution in [0.15, 0.2) is 24.3 Å². The van der Waals surface area contributed by atoms with Crippen molar-refractivity contribution in [3.63, 3.8) is 0 Å². The topological polar surface area (TPSA) is 41.4 Å². The first-order valence-electron chi connectivity index (χ1n) is 13.4. The van der Waals surface area contributed by atoms with Gasteiger partial charge in [-0.1, -0.05) is 45.1 Å². The number of aromatic nitrogens is 2.